The topological polar surface area (TPSA) is 67.5 Å². The van der Waals surface area contributed by atoms with E-state index in [0.717, 1.165) is 4.73 Å². The van der Waals surface area contributed by atoms with E-state index in [4.69, 9.17) is 0 Å². The van der Waals surface area contributed by atoms with E-state index in [2.05, 4.69) is 0 Å². The zero-order chi connectivity index (χ0) is 14.2. The lowest BCUT2D eigenvalue weighted by Gasteiger charge is -2.33. The molecule has 0 spiro atoms. The summed E-state index contributed by atoms with van der Waals surface area (Å²) in [4.78, 5) is 12.8. The summed E-state index contributed by atoms with van der Waals surface area (Å²) in [5.41, 5.74) is 0.377. The lowest BCUT2D eigenvalue weighted by atomic mass is 10.0. The second-order valence-electron chi connectivity index (χ2n) is 5.33. The first-order valence-electron chi connectivity index (χ1n) is 5.96. The molecule has 19 heavy (non-hydrogen) atoms. The summed E-state index contributed by atoms with van der Waals surface area (Å²) in [6, 6.07) is 8.44. The van der Waals surface area contributed by atoms with Crippen molar-refractivity contribution in [2.45, 2.75) is 26.3 Å². The first-order chi connectivity index (χ1) is 8.82. The third-order valence-corrected chi connectivity index (χ3v) is 2.88. The predicted octanol–water partition coefficient (Wildman–Crippen LogP) is 2.76. The van der Waals surface area contributed by atoms with Crippen molar-refractivity contribution in [2.75, 3.05) is 4.90 Å². The number of hydrogen-bond donors (Lipinski definition) is 1. The number of hydrogen-bond acceptors (Lipinski definition) is 2. The molecule has 100 valence electrons. The fourth-order valence-electron chi connectivity index (χ4n) is 2.15. The average molecular weight is 260 g/mol. The van der Waals surface area contributed by atoms with E-state index in [9.17, 15) is 15.1 Å². The maximum atomic E-state index is 11.7. The van der Waals surface area contributed by atoms with Crippen LogP contribution in [-0.2, 0) is 0 Å². The molecule has 0 aliphatic heterocycles. The van der Waals surface area contributed by atoms with E-state index < -0.39 is 11.6 Å². The quantitative estimate of drug-likeness (QED) is 0.633. The van der Waals surface area contributed by atoms with Gasteiger partial charge in [0.25, 0.3) is 0 Å². The number of fused-ring (bicyclic) bond motifs is 1. The molecule has 1 N–H and O–H groups in total. The maximum Gasteiger partial charge on any atom is 0.412 e. The molecule has 1 aromatic heterocycles. The van der Waals surface area contributed by atoms with Gasteiger partial charge in [-0.25, -0.2) is 4.79 Å². The fourth-order valence-corrected chi connectivity index (χ4v) is 2.15. The Morgan fingerprint density at radius 2 is 1.95 bits per heavy atom. The highest BCUT2D eigenvalue weighted by Gasteiger charge is 2.29. The predicted molar refractivity (Wildman–Crippen MR) is 73.2 cm³/mol. The molecule has 2 aromatic rings. The van der Waals surface area contributed by atoms with Gasteiger partial charge >= 0.3 is 6.09 Å². The summed E-state index contributed by atoms with van der Waals surface area (Å²) in [6.45, 7) is 5.44. The van der Waals surface area contributed by atoms with Crippen molar-refractivity contribution < 1.29 is 14.6 Å². The van der Waals surface area contributed by atoms with E-state index in [1.54, 1.807) is 30.3 Å². The highest BCUT2D eigenvalue weighted by atomic mass is 16.5. The molecule has 1 amide bonds. The Bertz CT molecular complexity index is 632. The van der Waals surface area contributed by atoms with Crippen molar-refractivity contribution in [1.82, 2.24) is 0 Å². The zero-order valence-corrected chi connectivity index (χ0v) is 11.1. The number of nitrogens with zero attached hydrogens (tertiary/aromatic N) is 2. The first kappa shape index (κ1) is 13.1. The van der Waals surface area contributed by atoms with E-state index in [-0.39, 0.29) is 0 Å². The van der Waals surface area contributed by atoms with Crippen LogP contribution in [0.5, 0.6) is 0 Å². The molecule has 0 saturated carbocycles. The second kappa shape index (κ2) is 4.42. The normalized spacial score (nSPS) is 11.5. The van der Waals surface area contributed by atoms with Gasteiger partial charge < -0.3 is 10.3 Å². The Morgan fingerprint density at radius 1 is 1.26 bits per heavy atom. The van der Waals surface area contributed by atoms with Crippen molar-refractivity contribution >= 4 is 22.7 Å². The number of carbonyl (C=O) groups is 1. The zero-order valence-electron chi connectivity index (χ0n) is 11.1. The SMILES string of the molecule is CC(C)(C)N(C(=O)O)c1cccc2c1ccc[n+]2[O-]. The van der Waals surface area contributed by atoms with Gasteiger partial charge in [0, 0.05) is 17.7 Å². The highest BCUT2D eigenvalue weighted by molar-refractivity contribution is 5.99. The van der Waals surface area contributed by atoms with Crippen LogP contribution in [0, 0.1) is 5.21 Å². The van der Waals surface area contributed by atoms with Crippen LogP contribution in [-0.4, -0.2) is 16.7 Å². The van der Waals surface area contributed by atoms with Gasteiger partial charge in [0.05, 0.1) is 11.1 Å². The Morgan fingerprint density at radius 3 is 2.53 bits per heavy atom. The molecule has 2 rings (SSSR count). The van der Waals surface area contributed by atoms with Crippen LogP contribution >= 0.6 is 0 Å². The maximum absolute atomic E-state index is 11.7. The molecule has 5 heteroatoms. The number of amides is 1. The summed E-state index contributed by atoms with van der Waals surface area (Å²) in [5.74, 6) is 0. The van der Waals surface area contributed by atoms with Gasteiger partial charge in [0.1, 0.15) is 0 Å². The molecule has 0 aliphatic rings. The summed E-state index contributed by atoms with van der Waals surface area (Å²) < 4.78 is 0.738. The summed E-state index contributed by atoms with van der Waals surface area (Å²) in [6.07, 6.45) is 0.357. The van der Waals surface area contributed by atoms with Crippen LogP contribution < -0.4 is 9.63 Å². The molecular formula is C14H16N2O3. The minimum atomic E-state index is -1.04. The lowest BCUT2D eigenvalue weighted by Crippen LogP contribution is -2.45. The van der Waals surface area contributed by atoms with Gasteiger partial charge in [-0.05, 0) is 32.9 Å². The van der Waals surface area contributed by atoms with Crippen LogP contribution in [0.3, 0.4) is 0 Å². The van der Waals surface area contributed by atoms with Gasteiger partial charge in [-0.1, -0.05) is 6.07 Å². The number of carboxylic acid groups (broad SMARTS) is 1. The number of benzene rings is 1. The molecule has 5 nitrogen and oxygen atoms in total. The van der Waals surface area contributed by atoms with E-state index in [1.807, 2.05) is 20.8 Å². The van der Waals surface area contributed by atoms with Crippen molar-refractivity contribution in [3.63, 3.8) is 0 Å². The lowest BCUT2D eigenvalue weighted by molar-refractivity contribution is -0.577. The second-order valence-corrected chi connectivity index (χ2v) is 5.33. The van der Waals surface area contributed by atoms with Crippen molar-refractivity contribution in [2.24, 2.45) is 0 Å². The van der Waals surface area contributed by atoms with Gasteiger partial charge in [-0.15, -0.1) is 0 Å². The van der Waals surface area contributed by atoms with Crippen molar-refractivity contribution in [3.8, 4) is 0 Å². The summed E-state index contributed by atoms with van der Waals surface area (Å²) >= 11 is 0. The molecule has 0 aliphatic carbocycles. The Labute approximate surface area is 111 Å². The molecule has 1 aromatic carbocycles. The summed E-state index contributed by atoms with van der Waals surface area (Å²) in [5, 5.41) is 21.8. The molecule has 0 bridgehead atoms. The van der Waals surface area contributed by atoms with Crippen LogP contribution in [0.2, 0.25) is 0 Å². The van der Waals surface area contributed by atoms with Crippen molar-refractivity contribution in [3.05, 3.63) is 41.7 Å². The molecule has 0 fully saturated rings. The standard InChI is InChI=1S/C14H16N2O3/c1-14(2,3)16(13(17)18)12-8-4-7-11-10(12)6-5-9-15(11)19/h4-9H,1-3H3,(H,17,18). The molecular weight excluding hydrogens is 244 g/mol. The van der Waals surface area contributed by atoms with Crippen LogP contribution in [0.4, 0.5) is 10.5 Å². The smallest absolute Gasteiger partial charge is 0.412 e. The first-order valence-corrected chi connectivity index (χ1v) is 5.96. The van der Waals surface area contributed by atoms with E-state index >= 15 is 0 Å². The number of anilines is 1. The van der Waals surface area contributed by atoms with Crippen LogP contribution in [0.25, 0.3) is 10.9 Å². The molecule has 0 radical (unpaired) electrons. The molecule has 0 saturated heterocycles. The Kier molecular flexibility index (Phi) is 3.06. The molecule has 0 unspecified atom stereocenters. The Hall–Kier alpha value is -2.30. The van der Waals surface area contributed by atoms with Gasteiger partial charge in [0.2, 0.25) is 5.52 Å². The average Bonchev–Trinajstić information content (AvgIpc) is 2.28. The van der Waals surface area contributed by atoms with Gasteiger partial charge in [-0.3, -0.25) is 4.90 Å². The Balaban J connectivity index is 2.74. The van der Waals surface area contributed by atoms with E-state index in [1.165, 1.54) is 11.1 Å². The third kappa shape index (κ3) is 2.31. The van der Waals surface area contributed by atoms with Gasteiger partial charge in [-0.2, -0.15) is 4.73 Å². The van der Waals surface area contributed by atoms with Crippen molar-refractivity contribution in [1.29, 1.82) is 0 Å². The number of rotatable bonds is 1. The molecule has 0 atom stereocenters. The molecule has 1 heterocycles. The summed E-state index contributed by atoms with van der Waals surface area (Å²) in [7, 11) is 0. The largest absolute Gasteiger partial charge is 0.618 e. The monoisotopic (exact) mass is 260 g/mol. The van der Waals surface area contributed by atoms with Gasteiger partial charge in [0.15, 0.2) is 6.20 Å². The van der Waals surface area contributed by atoms with Crippen LogP contribution in [0.1, 0.15) is 20.8 Å². The fraction of sp³-hybridized carbons (Fsp3) is 0.286. The number of aromatic nitrogens is 1. The minimum Gasteiger partial charge on any atom is -0.618 e. The minimum absolute atomic E-state index is 0.454. The van der Waals surface area contributed by atoms with Crippen LogP contribution in [0.15, 0.2) is 36.5 Å². The number of pyridine rings is 1. The highest BCUT2D eigenvalue weighted by Crippen LogP contribution is 2.30. The van der Waals surface area contributed by atoms with E-state index in [0.29, 0.717) is 16.6 Å². The third-order valence-electron chi connectivity index (χ3n) is 2.88.